The molecular formula is C23H27N3O5. The lowest BCUT2D eigenvalue weighted by Gasteiger charge is -2.20. The average molecular weight is 425 g/mol. The number of carbonyl (C=O) groups is 4. The van der Waals surface area contributed by atoms with E-state index in [1.165, 1.54) is 11.8 Å². The van der Waals surface area contributed by atoms with Crippen molar-refractivity contribution >= 4 is 35.1 Å². The van der Waals surface area contributed by atoms with Crippen LogP contribution in [-0.2, 0) is 25.5 Å². The highest BCUT2D eigenvalue weighted by Crippen LogP contribution is 2.13. The molecular weight excluding hydrogens is 398 g/mol. The lowest BCUT2D eigenvalue weighted by Crippen LogP contribution is -2.40. The van der Waals surface area contributed by atoms with Gasteiger partial charge in [-0.2, -0.15) is 0 Å². The predicted octanol–water partition coefficient (Wildman–Crippen LogP) is 2.85. The van der Waals surface area contributed by atoms with Gasteiger partial charge in [-0.1, -0.05) is 19.1 Å². The molecule has 0 atom stereocenters. The molecule has 0 bridgehead atoms. The van der Waals surface area contributed by atoms with E-state index in [0.29, 0.717) is 16.9 Å². The highest BCUT2D eigenvalue weighted by Gasteiger charge is 2.18. The fourth-order valence-electron chi connectivity index (χ4n) is 2.77. The van der Waals surface area contributed by atoms with Gasteiger partial charge in [0.15, 0.2) is 6.61 Å². The maximum Gasteiger partial charge on any atom is 0.338 e. The first-order valence-corrected chi connectivity index (χ1v) is 10.0. The van der Waals surface area contributed by atoms with Gasteiger partial charge in [-0.3, -0.25) is 14.4 Å². The fraction of sp³-hybridized carbons (Fsp3) is 0.304. The van der Waals surface area contributed by atoms with E-state index < -0.39 is 18.5 Å². The summed E-state index contributed by atoms with van der Waals surface area (Å²) in [7, 11) is 0. The van der Waals surface area contributed by atoms with Crippen LogP contribution in [0.2, 0.25) is 0 Å². The molecule has 0 saturated carbocycles. The number of nitrogens with one attached hydrogen (secondary N) is 2. The van der Waals surface area contributed by atoms with Crippen molar-refractivity contribution in [1.29, 1.82) is 0 Å². The summed E-state index contributed by atoms with van der Waals surface area (Å²) in [5.41, 5.74) is 2.61. The van der Waals surface area contributed by atoms with Crippen molar-refractivity contribution < 1.29 is 23.9 Å². The van der Waals surface area contributed by atoms with Crippen LogP contribution in [0.1, 0.15) is 36.7 Å². The summed E-state index contributed by atoms with van der Waals surface area (Å²) in [5, 5.41) is 5.33. The van der Waals surface area contributed by atoms with Gasteiger partial charge in [-0.25, -0.2) is 4.79 Å². The van der Waals surface area contributed by atoms with Crippen LogP contribution < -0.4 is 10.6 Å². The Bertz CT molecular complexity index is 923. The molecule has 2 N–H and O–H groups in total. The summed E-state index contributed by atoms with van der Waals surface area (Å²) in [4.78, 5) is 49.1. The van der Waals surface area contributed by atoms with E-state index in [4.69, 9.17) is 4.74 Å². The minimum atomic E-state index is -0.587. The number of amides is 3. The number of aryl methyl sites for hydroxylation is 1. The molecule has 0 aromatic heterocycles. The number of anilines is 2. The minimum absolute atomic E-state index is 0.175. The van der Waals surface area contributed by atoms with Crippen LogP contribution in [0.25, 0.3) is 0 Å². The molecule has 3 amide bonds. The largest absolute Gasteiger partial charge is 0.452 e. The van der Waals surface area contributed by atoms with Gasteiger partial charge in [0, 0.05) is 24.8 Å². The van der Waals surface area contributed by atoms with Gasteiger partial charge in [0.1, 0.15) is 0 Å². The fourth-order valence-corrected chi connectivity index (χ4v) is 2.77. The second-order valence-corrected chi connectivity index (χ2v) is 6.84. The molecule has 2 rings (SSSR count). The van der Waals surface area contributed by atoms with Crippen molar-refractivity contribution in [2.24, 2.45) is 0 Å². The number of ether oxygens (including phenoxy) is 1. The Kier molecular flexibility index (Phi) is 8.75. The summed E-state index contributed by atoms with van der Waals surface area (Å²) in [6, 6.07) is 13.6. The zero-order valence-corrected chi connectivity index (χ0v) is 17.9. The minimum Gasteiger partial charge on any atom is -0.452 e. The second-order valence-electron chi connectivity index (χ2n) is 6.84. The number of hydrogen-bond acceptors (Lipinski definition) is 5. The van der Waals surface area contributed by atoms with Crippen LogP contribution in [0.4, 0.5) is 11.4 Å². The Morgan fingerprint density at radius 1 is 0.871 bits per heavy atom. The second kappa shape index (κ2) is 11.5. The van der Waals surface area contributed by atoms with Gasteiger partial charge in [0.2, 0.25) is 11.8 Å². The van der Waals surface area contributed by atoms with E-state index in [9.17, 15) is 19.2 Å². The highest BCUT2D eigenvalue weighted by molar-refractivity contribution is 5.96. The first kappa shape index (κ1) is 23.6. The average Bonchev–Trinajstić information content (AvgIpc) is 2.76. The summed E-state index contributed by atoms with van der Waals surface area (Å²) >= 11 is 0. The van der Waals surface area contributed by atoms with Gasteiger partial charge in [-0.15, -0.1) is 0 Å². The zero-order chi connectivity index (χ0) is 22.8. The first-order chi connectivity index (χ1) is 14.8. The standard InChI is InChI=1S/C23H27N3O5/c1-4-17-6-8-18(9-7-17)23(30)31-15-22(29)26(5-2)14-21(28)25-20-12-10-19(11-13-20)24-16(3)27/h6-13H,4-5,14-15H2,1-3H3,(H,24,27)(H,25,28). The van der Waals surface area contributed by atoms with Crippen molar-refractivity contribution in [1.82, 2.24) is 4.90 Å². The SMILES string of the molecule is CCc1ccc(C(=O)OCC(=O)N(CC)CC(=O)Nc2ccc(NC(C)=O)cc2)cc1. The number of likely N-dealkylation sites (N-methyl/N-ethyl adjacent to an activating group) is 1. The van der Waals surface area contributed by atoms with E-state index in [0.717, 1.165) is 12.0 Å². The molecule has 0 aliphatic carbocycles. The number of esters is 1. The van der Waals surface area contributed by atoms with E-state index in [2.05, 4.69) is 10.6 Å². The summed E-state index contributed by atoms with van der Waals surface area (Å²) in [5.74, 6) is -1.62. The van der Waals surface area contributed by atoms with E-state index in [1.807, 2.05) is 19.1 Å². The van der Waals surface area contributed by atoms with E-state index in [1.54, 1.807) is 43.3 Å². The molecule has 31 heavy (non-hydrogen) atoms. The van der Waals surface area contributed by atoms with Gasteiger partial charge < -0.3 is 20.3 Å². The summed E-state index contributed by atoms with van der Waals surface area (Å²) in [6.45, 7) is 4.83. The lowest BCUT2D eigenvalue weighted by atomic mass is 10.1. The number of hydrogen-bond donors (Lipinski definition) is 2. The molecule has 2 aromatic carbocycles. The molecule has 8 heteroatoms. The molecule has 0 saturated heterocycles. The van der Waals surface area contributed by atoms with Crippen molar-refractivity contribution in [3.63, 3.8) is 0 Å². The molecule has 0 fully saturated rings. The molecule has 0 aliphatic heterocycles. The zero-order valence-electron chi connectivity index (χ0n) is 17.9. The van der Waals surface area contributed by atoms with E-state index >= 15 is 0 Å². The maximum atomic E-state index is 12.4. The summed E-state index contributed by atoms with van der Waals surface area (Å²) in [6.07, 6.45) is 0.862. The van der Waals surface area contributed by atoms with Crippen LogP contribution in [-0.4, -0.2) is 48.3 Å². The molecule has 0 radical (unpaired) electrons. The number of carbonyl (C=O) groups excluding carboxylic acids is 4. The van der Waals surface area contributed by atoms with Crippen LogP contribution >= 0.6 is 0 Å². The third-order valence-corrected chi connectivity index (χ3v) is 4.48. The van der Waals surface area contributed by atoms with Gasteiger partial charge in [-0.05, 0) is 55.3 Å². The van der Waals surface area contributed by atoms with Crippen LogP contribution in [0.3, 0.4) is 0 Å². The number of nitrogens with zero attached hydrogens (tertiary/aromatic N) is 1. The van der Waals surface area contributed by atoms with Gasteiger partial charge in [0.05, 0.1) is 12.1 Å². The van der Waals surface area contributed by atoms with Gasteiger partial charge >= 0.3 is 5.97 Å². The Labute approximate surface area is 181 Å². The molecule has 2 aromatic rings. The highest BCUT2D eigenvalue weighted by atomic mass is 16.5. The normalized spacial score (nSPS) is 10.2. The Morgan fingerprint density at radius 3 is 1.97 bits per heavy atom. The first-order valence-electron chi connectivity index (χ1n) is 10.0. The Hall–Kier alpha value is -3.68. The predicted molar refractivity (Wildman–Crippen MR) is 118 cm³/mol. The third kappa shape index (κ3) is 7.58. The molecule has 164 valence electrons. The molecule has 0 spiro atoms. The molecule has 0 unspecified atom stereocenters. The Balaban J connectivity index is 1.84. The Morgan fingerprint density at radius 2 is 1.45 bits per heavy atom. The van der Waals surface area contributed by atoms with Crippen LogP contribution in [0.5, 0.6) is 0 Å². The monoisotopic (exact) mass is 425 g/mol. The van der Waals surface area contributed by atoms with Crippen molar-refractivity contribution in [2.75, 3.05) is 30.3 Å². The number of benzene rings is 2. The van der Waals surface area contributed by atoms with Crippen LogP contribution in [0, 0.1) is 0 Å². The number of rotatable bonds is 9. The molecule has 0 heterocycles. The summed E-state index contributed by atoms with van der Waals surface area (Å²) < 4.78 is 5.09. The van der Waals surface area contributed by atoms with Crippen molar-refractivity contribution in [3.8, 4) is 0 Å². The maximum absolute atomic E-state index is 12.4. The quantitative estimate of drug-likeness (QED) is 0.601. The van der Waals surface area contributed by atoms with Crippen LogP contribution in [0.15, 0.2) is 48.5 Å². The van der Waals surface area contributed by atoms with Gasteiger partial charge in [0.25, 0.3) is 5.91 Å². The molecule has 0 aliphatic rings. The lowest BCUT2D eigenvalue weighted by molar-refractivity contribution is -0.137. The smallest absolute Gasteiger partial charge is 0.338 e. The molecule has 8 nitrogen and oxygen atoms in total. The van der Waals surface area contributed by atoms with Crippen molar-refractivity contribution in [2.45, 2.75) is 27.2 Å². The van der Waals surface area contributed by atoms with Crippen molar-refractivity contribution in [3.05, 3.63) is 59.7 Å². The topological polar surface area (TPSA) is 105 Å². The third-order valence-electron chi connectivity index (χ3n) is 4.48. The van der Waals surface area contributed by atoms with E-state index in [-0.39, 0.29) is 24.9 Å².